The summed E-state index contributed by atoms with van der Waals surface area (Å²) < 4.78 is 6.81. The molecule has 0 heterocycles. The van der Waals surface area contributed by atoms with Crippen LogP contribution in [-0.4, -0.2) is 12.0 Å². The number of aryl methyl sites for hydroxylation is 1. The molecule has 4 heteroatoms. The number of hydrogen-bond acceptors (Lipinski definition) is 2. The Morgan fingerprint density at radius 3 is 2.50 bits per heavy atom. The highest BCUT2D eigenvalue weighted by Gasteiger charge is 2.08. The maximum atomic E-state index is 12.2. The summed E-state index contributed by atoms with van der Waals surface area (Å²) in [4.78, 5) is 12.2. The first-order valence-electron chi connectivity index (χ1n) is 7.34. The van der Waals surface area contributed by atoms with Crippen LogP contribution in [0.2, 0.25) is 0 Å². The van der Waals surface area contributed by atoms with E-state index in [9.17, 15) is 4.79 Å². The van der Waals surface area contributed by atoms with Gasteiger partial charge in [0.2, 0.25) is 0 Å². The number of carbonyl (C=O) groups is 1. The number of anilines is 1. The molecule has 3 nitrogen and oxygen atoms in total. The molecule has 0 aliphatic heterocycles. The molecular weight excluding hydrogens is 389 g/mol. The van der Waals surface area contributed by atoms with Crippen molar-refractivity contribution in [2.75, 3.05) is 5.32 Å². The molecule has 0 spiro atoms. The van der Waals surface area contributed by atoms with Crippen molar-refractivity contribution in [3.05, 3.63) is 57.2 Å². The SMILES string of the molecule is CCC(C)Oc1ccc(NC(=O)c2ccc(C)c(I)c2)cc1. The van der Waals surface area contributed by atoms with Crippen LogP contribution in [0.15, 0.2) is 42.5 Å². The third kappa shape index (κ3) is 4.47. The fraction of sp³-hybridized carbons (Fsp3) is 0.278. The van der Waals surface area contributed by atoms with Crippen LogP contribution >= 0.6 is 22.6 Å². The van der Waals surface area contributed by atoms with Gasteiger partial charge in [-0.25, -0.2) is 0 Å². The Morgan fingerprint density at radius 2 is 1.91 bits per heavy atom. The minimum Gasteiger partial charge on any atom is -0.491 e. The van der Waals surface area contributed by atoms with Gasteiger partial charge in [0, 0.05) is 14.8 Å². The number of carbonyl (C=O) groups excluding carboxylic acids is 1. The fourth-order valence-electron chi connectivity index (χ4n) is 1.87. The minimum atomic E-state index is -0.103. The molecule has 0 aliphatic rings. The zero-order valence-corrected chi connectivity index (χ0v) is 15.2. The van der Waals surface area contributed by atoms with Crippen LogP contribution in [0.5, 0.6) is 5.75 Å². The minimum absolute atomic E-state index is 0.103. The molecular formula is C18H20INO2. The Bertz CT molecular complexity index is 653. The normalized spacial score (nSPS) is 11.8. The van der Waals surface area contributed by atoms with Crippen molar-refractivity contribution in [2.24, 2.45) is 0 Å². The lowest BCUT2D eigenvalue weighted by atomic mass is 10.1. The molecule has 0 aliphatic carbocycles. The topological polar surface area (TPSA) is 38.3 Å². The third-order valence-electron chi connectivity index (χ3n) is 3.46. The number of amides is 1. The van der Waals surface area contributed by atoms with Crippen LogP contribution in [0.1, 0.15) is 36.2 Å². The summed E-state index contributed by atoms with van der Waals surface area (Å²) >= 11 is 2.24. The van der Waals surface area contributed by atoms with Crippen molar-refractivity contribution in [2.45, 2.75) is 33.3 Å². The second-order valence-corrected chi connectivity index (χ2v) is 6.44. The lowest BCUT2D eigenvalue weighted by molar-refractivity contribution is 0.102. The van der Waals surface area contributed by atoms with Gasteiger partial charge in [0.25, 0.3) is 5.91 Å². The van der Waals surface area contributed by atoms with Crippen LogP contribution in [0.4, 0.5) is 5.69 Å². The first-order valence-corrected chi connectivity index (χ1v) is 8.41. The predicted octanol–water partition coefficient (Wildman–Crippen LogP) is 5.03. The fourth-order valence-corrected chi connectivity index (χ4v) is 2.39. The molecule has 0 radical (unpaired) electrons. The molecule has 1 unspecified atom stereocenters. The number of nitrogens with one attached hydrogen (secondary N) is 1. The van der Waals surface area contributed by atoms with Crippen LogP contribution in [0.3, 0.4) is 0 Å². The molecule has 116 valence electrons. The lowest BCUT2D eigenvalue weighted by Crippen LogP contribution is -2.12. The molecule has 1 atom stereocenters. The maximum absolute atomic E-state index is 12.2. The quantitative estimate of drug-likeness (QED) is 0.704. The average Bonchev–Trinajstić information content (AvgIpc) is 2.51. The molecule has 0 bridgehead atoms. The molecule has 0 aromatic heterocycles. The summed E-state index contributed by atoms with van der Waals surface area (Å²) in [5.41, 5.74) is 2.59. The lowest BCUT2D eigenvalue weighted by Gasteiger charge is -2.13. The van der Waals surface area contributed by atoms with Gasteiger partial charge in [-0.05, 0) is 84.8 Å². The largest absolute Gasteiger partial charge is 0.491 e. The van der Waals surface area contributed by atoms with Gasteiger partial charge >= 0.3 is 0 Å². The monoisotopic (exact) mass is 409 g/mol. The zero-order chi connectivity index (χ0) is 16.1. The van der Waals surface area contributed by atoms with Gasteiger partial charge in [-0.15, -0.1) is 0 Å². The molecule has 1 N–H and O–H groups in total. The van der Waals surface area contributed by atoms with Crippen molar-refractivity contribution in [1.82, 2.24) is 0 Å². The van der Waals surface area contributed by atoms with Crippen LogP contribution in [0.25, 0.3) is 0 Å². The van der Waals surface area contributed by atoms with Crippen molar-refractivity contribution in [3.63, 3.8) is 0 Å². The van der Waals surface area contributed by atoms with E-state index in [1.54, 1.807) is 0 Å². The van der Waals surface area contributed by atoms with Gasteiger partial charge < -0.3 is 10.1 Å². The molecule has 1 amide bonds. The van der Waals surface area contributed by atoms with Crippen LogP contribution < -0.4 is 10.1 Å². The van der Waals surface area contributed by atoms with E-state index in [0.29, 0.717) is 5.56 Å². The molecule has 2 aromatic carbocycles. The predicted molar refractivity (Wildman–Crippen MR) is 98.7 cm³/mol. The Hall–Kier alpha value is -1.56. The number of hydrogen-bond donors (Lipinski definition) is 1. The summed E-state index contributed by atoms with van der Waals surface area (Å²) in [5.74, 6) is 0.714. The van der Waals surface area contributed by atoms with E-state index in [1.165, 1.54) is 5.56 Å². The van der Waals surface area contributed by atoms with E-state index in [4.69, 9.17) is 4.74 Å². The number of ether oxygens (including phenoxy) is 1. The van der Waals surface area contributed by atoms with E-state index in [0.717, 1.165) is 21.4 Å². The highest BCUT2D eigenvalue weighted by atomic mass is 127. The summed E-state index contributed by atoms with van der Waals surface area (Å²) in [7, 11) is 0. The van der Waals surface area contributed by atoms with Gasteiger partial charge in [-0.1, -0.05) is 13.0 Å². The Balaban J connectivity index is 2.03. The van der Waals surface area contributed by atoms with Crippen LogP contribution in [-0.2, 0) is 0 Å². The summed E-state index contributed by atoms with van der Waals surface area (Å²) in [6.07, 6.45) is 1.15. The Labute approximate surface area is 145 Å². The standard InChI is InChI=1S/C18H20INO2/c1-4-13(3)22-16-9-7-15(8-10-16)20-18(21)14-6-5-12(2)17(19)11-14/h5-11,13H,4H2,1-3H3,(H,20,21). The number of rotatable bonds is 5. The molecule has 2 rings (SSSR count). The smallest absolute Gasteiger partial charge is 0.255 e. The second kappa shape index (κ2) is 7.63. The summed E-state index contributed by atoms with van der Waals surface area (Å²) in [5, 5.41) is 2.90. The van der Waals surface area contributed by atoms with Crippen molar-refractivity contribution in [3.8, 4) is 5.75 Å². The van der Waals surface area contributed by atoms with Gasteiger partial charge in [0.15, 0.2) is 0 Å². The van der Waals surface area contributed by atoms with Crippen molar-refractivity contribution in [1.29, 1.82) is 0 Å². The molecule has 0 saturated carbocycles. The first-order chi connectivity index (χ1) is 10.5. The van der Waals surface area contributed by atoms with Crippen LogP contribution in [0, 0.1) is 10.5 Å². The van der Waals surface area contributed by atoms with E-state index in [2.05, 4.69) is 34.8 Å². The highest BCUT2D eigenvalue weighted by molar-refractivity contribution is 14.1. The zero-order valence-electron chi connectivity index (χ0n) is 13.0. The average molecular weight is 409 g/mol. The highest BCUT2D eigenvalue weighted by Crippen LogP contribution is 2.19. The van der Waals surface area contributed by atoms with Gasteiger partial charge in [0.05, 0.1) is 6.10 Å². The first kappa shape index (κ1) is 16.8. The number of halogens is 1. The maximum Gasteiger partial charge on any atom is 0.255 e. The van der Waals surface area contributed by atoms with Crippen molar-refractivity contribution >= 4 is 34.2 Å². The van der Waals surface area contributed by atoms with E-state index < -0.39 is 0 Å². The molecule has 0 fully saturated rings. The Morgan fingerprint density at radius 1 is 1.23 bits per heavy atom. The van der Waals surface area contributed by atoms with Crippen molar-refractivity contribution < 1.29 is 9.53 Å². The summed E-state index contributed by atoms with van der Waals surface area (Å²) in [6.45, 7) is 6.15. The van der Waals surface area contributed by atoms with Gasteiger partial charge in [0.1, 0.15) is 5.75 Å². The molecule has 0 saturated heterocycles. The molecule has 2 aromatic rings. The van der Waals surface area contributed by atoms with E-state index in [-0.39, 0.29) is 12.0 Å². The van der Waals surface area contributed by atoms with E-state index in [1.807, 2.05) is 56.3 Å². The number of benzene rings is 2. The van der Waals surface area contributed by atoms with Gasteiger partial charge in [-0.3, -0.25) is 4.79 Å². The second-order valence-electron chi connectivity index (χ2n) is 5.28. The van der Waals surface area contributed by atoms with E-state index >= 15 is 0 Å². The Kier molecular flexibility index (Phi) is 5.83. The third-order valence-corrected chi connectivity index (χ3v) is 4.62. The summed E-state index contributed by atoms with van der Waals surface area (Å²) in [6, 6.07) is 13.2. The molecule has 22 heavy (non-hydrogen) atoms. The van der Waals surface area contributed by atoms with Gasteiger partial charge in [-0.2, -0.15) is 0 Å².